The summed E-state index contributed by atoms with van der Waals surface area (Å²) >= 11 is 0. The zero-order chi connectivity index (χ0) is 17.5. The van der Waals surface area contributed by atoms with E-state index in [1.807, 2.05) is 38.1 Å². The lowest BCUT2D eigenvalue weighted by Crippen LogP contribution is -2.21. The first kappa shape index (κ1) is 17.7. The van der Waals surface area contributed by atoms with Crippen LogP contribution in [0.15, 0.2) is 36.5 Å². The maximum Gasteiger partial charge on any atom is 0.274 e. The minimum absolute atomic E-state index is 0.205. The molecule has 0 saturated heterocycles. The van der Waals surface area contributed by atoms with Crippen LogP contribution in [0.2, 0.25) is 0 Å². The second kappa shape index (κ2) is 8.29. The number of hydrogen-bond acceptors (Lipinski definition) is 5. The summed E-state index contributed by atoms with van der Waals surface area (Å²) < 4.78 is 0. The molecule has 1 aromatic carbocycles. The number of aromatic nitrogens is 2. The molecule has 0 spiro atoms. The van der Waals surface area contributed by atoms with Gasteiger partial charge in [-0.2, -0.15) is 0 Å². The third-order valence-electron chi connectivity index (χ3n) is 3.56. The molecule has 128 valence electrons. The van der Waals surface area contributed by atoms with E-state index in [1.54, 1.807) is 12.3 Å². The van der Waals surface area contributed by atoms with Crippen LogP contribution < -0.4 is 15.5 Å². The fourth-order valence-corrected chi connectivity index (χ4v) is 2.35. The number of nitrogens with zero attached hydrogens (tertiary/aromatic N) is 3. The first-order valence-corrected chi connectivity index (χ1v) is 8.29. The molecule has 0 atom stereocenters. The van der Waals surface area contributed by atoms with Crippen molar-refractivity contribution >= 4 is 23.2 Å². The third-order valence-corrected chi connectivity index (χ3v) is 3.56. The third kappa shape index (κ3) is 4.68. The lowest BCUT2D eigenvalue weighted by molar-refractivity contribution is 0.102. The molecule has 2 aromatic rings. The summed E-state index contributed by atoms with van der Waals surface area (Å²) in [6.45, 7) is 10.1. The van der Waals surface area contributed by atoms with Crippen LogP contribution >= 0.6 is 0 Å². The van der Waals surface area contributed by atoms with Crippen LogP contribution in [0.1, 0.15) is 38.2 Å². The zero-order valence-electron chi connectivity index (χ0n) is 14.7. The summed E-state index contributed by atoms with van der Waals surface area (Å²) in [5, 5.41) is 5.95. The van der Waals surface area contributed by atoms with Crippen LogP contribution in [-0.2, 0) is 0 Å². The van der Waals surface area contributed by atoms with Crippen LogP contribution in [0, 0.1) is 0 Å². The first-order valence-electron chi connectivity index (χ1n) is 8.29. The van der Waals surface area contributed by atoms with Crippen molar-refractivity contribution in [3.05, 3.63) is 42.2 Å². The molecule has 0 unspecified atom stereocenters. The van der Waals surface area contributed by atoms with E-state index in [4.69, 9.17) is 0 Å². The Bertz CT molecular complexity index is 665. The minimum atomic E-state index is -0.250. The van der Waals surface area contributed by atoms with Gasteiger partial charge in [0.1, 0.15) is 5.69 Å². The van der Waals surface area contributed by atoms with Gasteiger partial charge >= 0.3 is 0 Å². The van der Waals surface area contributed by atoms with Gasteiger partial charge in [-0.3, -0.25) is 4.79 Å². The van der Waals surface area contributed by atoms with Crippen molar-refractivity contribution in [2.45, 2.75) is 33.7 Å². The van der Waals surface area contributed by atoms with Crippen LogP contribution in [0.4, 0.5) is 17.3 Å². The van der Waals surface area contributed by atoms with Gasteiger partial charge < -0.3 is 15.5 Å². The average molecular weight is 327 g/mol. The highest BCUT2D eigenvalue weighted by Gasteiger charge is 2.10. The summed E-state index contributed by atoms with van der Waals surface area (Å²) in [5.74, 6) is 0.203. The summed E-state index contributed by atoms with van der Waals surface area (Å²) in [4.78, 5) is 22.9. The van der Waals surface area contributed by atoms with Gasteiger partial charge in [-0.15, -0.1) is 0 Å². The minimum Gasteiger partial charge on any atom is -0.372 e. The largest absolute Gasteiger partial charge is 0.372 e. The Hall–Kier alpha value is -2.63. The fraction of sp³-hybridized carbons (Fsp3) is 0.389. The Morgan fingerprint density at radius 3 is 2.38 bits per heavy atom. The van der Waals surface area contributed by atoms with Gasteiger partial charge in [0.2, 0.25) is 5.95 Å². The monoisotopic (exact) mass is 327 g/mol. The van der Waals surface area contributed by atoms with Gasteiger partial charge in [-0.25, -0.2) is 9.97 Å². The summed E-state index contributed by atoms with van der Waals surface area (Å²) in [7, 11) is 0. The van der Waals surface area contributed by atoms with Crippen molar-refractivity contribution in [1.29, 1.82) is 0 Å². The highest BCUT2D eigenvalue weighted by Crippen LogP contribution is 2.18. The Morgan fingerprint density at radius 2 is 1.79 bits per heavy atom. The number of nitrogens with one attached hydrogen (secondary N) is 2. The maximum atomic E-state index is 12.3. The lowest BCUT2D eigenvalue weighted by Gasteiger charge is -2.21. The first-order chi connectivity index (χ1) is 11.5. The van der Waals surface area contributed by atoms with Crippen molar-refractivity contribution in [1.82, 2.24) is 9.97 Å². The standard InChI is InChI=1S/C18H25N5O/c1-5-23(6-2)15-9-7-14(8-10-15)21-17(24)16-11-12-19-18(22-16)20-13(3)4/h7-13H,5-6H2,1-4H3,(H,21,24)(H,19,20,22). The number of benzene rings is 1. The van der Waals surface area contributed by atoms with Crippen molar-refractivity contribution < 1.29 is 4.79 Å². The molecule has 2 N–H and O–H groups in total. The predicted molar refractivity (Wildman–Crippen MR) is 98.7 cm³/mol. The average Bonchev–Trinajstić information content (AvgIpc) is 2.57. The Labute approximate surface area is 143 Å². The highest BCUT2D eigenvalue weighted by atomic mass is 16.1. The van der Waals surface area contributed by atoms with Crippen molar-refractivity contribution in [2.24, 2.45) is 0 Å². The summed E-state index contributed by atoms with van der Waals surface area (Å²) in [5.41, 5.74) is 2.22. The second-order valence-corrected chi connectivity index (χ2v) is 5.74. The number of anilines is 3. The molecule has 1 amide bonds. The second-order valence-electron chi connectivity index (χ2n) is 5.74. The molecular formula is C18H25N5O. The molecule has 6 heteroatoms. The van der Waals surface area contributed by atoms with E-state index >= 15 is 0 Å². The SMILES string of the molecule is CCN(CC)c1ccc(NC(=O)c2ccnc(NC(C)C)n2)cc1. The van der Waals surface area contributed by atoms with Gasteiger partial charge in [-0.1, -0.05) is 0 Å². The summed E-state index contributed by atoms with van der Waals surface area (Å²) in [6, 6.07) is 9.63. The number of carbonyl (C=O) groups excluding carboxylic acids is 1. The molecule has 0 aliphatic heterocycles. The smallest absolute Gasteiger partial charge is 0.274 e. The lowest BCUT2D eigenvalue weighted by atomic mass is 10.2. The molecule has 6 nitrogen and oxygen atoms in total. The van der Waals surface area contributed by atoms with Crippen LogP contribution in [0.25, 0.3) is 0 Å². The molecule has 0 bridgehead atoms. The number of rotatable bonds is 7. The number of carbonyl (C=O) groups is 1. The van der Waals surface area contributed by atoms with E-state index in [0.717, 1.165) is 24.5 Å². The maximum absolute atomic E-state index is 12.3. The van der Waals surface area contributed by atoms with Crippen molar-refractivity contribution in [2.75, 3.05) is 28.6 Å². The normalized spacial score (nSPS) is 10.5. The Morgan fingerprint density at radius 1 is 1.12 bits per heavy atom. The van der Waals surface area contributed by atoms with E-state index in [9.17, 15) is 4.79 Å². The molecule has 0 saturated carbocycles. The van der Waals surface area contributed by atoms with E-state index < -0.39 is 0 Å². The zero-order valence-corrected chi connectivity index (χ0v) is 14.7. The number of amides is 1. The predicted octanol–water partition coefficient (Wildman–Crippen LogP) is 3.40. The molecule has 1 heterocycles. The highest BCUT2D eigenvalue weighted by molar-refractivity contribution is 6.03. The Kier molecular flexibility index (Phi) is 6.12. The fourth-order valence-electron chi connectivity index (χ4n) is 2.35. The van der Waals surface area contributed by atoms with E-state index in [-0.39, 0.29) is 11.9 Å². The van der Waals surface area contributed by atoms with Gasteiger partial charge in [0.15, 0.2) is 0 Å². The molecule has 0 fully saturated rings. The molecule has 0 aliphatic rings. The molecular weight excluding hydrogens is 302 g/mol. The molecule has 1 aromatic heterocycles. The van der Waals surface area contributed by atoms with E-state index in [2.05, 4.69) is 39.3 Å². The van der Waals surface area contributed by atoms with Crippen LogP contribution in [0.5, 0.6) is 0 Å². The van der Waals surface area contributed by atoms with E-state index in [0.29, 0.717) is 11.6 Å². The van der Waals surface area contributed by atoms with Gasteiger partial charge in [0, 0.05) is 36.7 Å². The Balaban J connectivity index is 2.06. The molecule has 2 rings (SSSR count). The number of hydrogen-bond donors (Lipinski definition) is 2. The van der Waals surface area contributed by atoms with Gasteiger partial charge in [0.05, 0.1) is 0 Å². The summed E-state index contributed by atoms with van der Waals surface area (Å²) in [6.07, 6.45) is 1.58. The van der Waals surface area contributed by atoms with Crippen molar-refractivity contribution in [3.8, 4) is 0 Å². The quantitative estimate of drug-likeness (QED) is 0.815. The molecule has 0 aliphatic carbocycles. The van der Waals surface area contributed by atoms with Gasteiger partial charge in [0.25, 0.3) is 5.91 Å². The molecule has 24 heavy (non-hydrogen) atoms. The topological polar surface area (TPSA) is 70.2 Å². The van der Waals surface area contributed by atoms with Crippen molar-refractivity contribution in [3.63, 3.8) is 0 Å². The van der Waals surface area contributed by atoms with Crippen LogP contribution in [0.3, 0.4) is 0 Å². The van der Waals surface area contributed by atoms with E-state index in [1.165, 1.54) is 0 Å². The molecule has 0 radical (unpaired) electrons. The van der Waals surface area contributed by atoms with Crippen LogP contribution in [-0.4, -0.2) is 35.0 Å². The van der Waals surface area contributed by atoms with Gasteiger partial charge in [-0.05, 0) is 58.0 Å².